The van der Waals surface area contributed by atoms with Gasteiger partial charge < -0.3 is 0 Å². The summed E-state index contributed by atoms with van der Waals surface area (Å²) in [6, 6.07) is 23.1. The molecule has 0 spiro atoms. The quantitative estimate of drug-likeness (QED) is 0.306. The number of nitrogens with zero attached hydrogens (tertiary/aromatic N) is 4. The van der Waals surface area contributed by atoms with Gasteiger partial charge in [0.25, 0.3) is 15.6 Å². The highest BCUT2D eigenvalue weighted by molar-refractivity contribution is 9.10. The topological polar surface area (TPSA) is 86.8 Å². The minimum Gasteiger partial charge on any atom is -0.266 e. The molecule has 0 atom stereocenters. The molecule has 170 valence electrons. The van der Waals surface area contributed by atoms with Crippen LogP contribution in [0, 0.1) is 0 Å². The molecule has 34 heavy (non-hydrogen) atoms. The fourth-order valence-corrected chi connectivity index (χ4v) is 4.81. The molecule has 0 aliphatic rings. The van der Waals surface area contributed by atoms with Crippen LogP contribution in [0.5, 0.6) is 0 Å². The van der Waals surface area contributed by atoms with Crippen molar-refractivity contribution in [1.82, 2.24) is 18.7 Å². The summed E-state index contributed by atoms with van der Waals surface area (Å²) >= 11 is 9.49. The number of hydrogen-bond donors (Lipinski definition) is 0. The molecule has 0 aliphatic heterocycles. The lowest BCUT2D eigenvalue weighted by Gasteiger charge is -2.13. The first-order chi connectivity index (χ1) is 16.2. The Kier molecular flexibility index (Phi) is 5.63. The van der Waals surface area contributed by atoms with Crippen molar-refractivity contribution in [2.45, 2.75) is 0 Å². The predicted molar refractivity (Wildman–Crippen MR) is 137 cm³/mol. The van der Waals surface area contributed by atoms with Gasteiger partial charge in [0.2, 0.25) is 0 Å². The highest BCUT2D eigenvalue weighted by Crippen LogP contribution is 2.30. The molecule has 5 rings (SSSR count). The number of rotatable bonds is 4. The van der Waals surface area contributed by atoms with Gasteiger partial charge in [-0.05, 0) is 36.4 Å². The molecule has 0 radical (unpaired) electrons. The largest absolute Gasteiger partial charge is 0.285 e. The standard InChI is InChI=1S/C24H16BrClN4O3S/c1-34(32,33)30-22-21(20(28-30)15-5-3-2-4-6-15)27-23(16-7-9-17(25)10-8-16)29(24(22)31)19-13-11-18(26)12-14-19/h2-14H,1H3. The van der Waals surface area contributed by atoms with E-state index >= 15 is 0 Å². The van der Waals surface area contributed by atoms with Crippen molar-refractivity contribution in [3.8, 4) is 28.3 Å². The van der Waals surface area contributed by atoms with Gasteiger partial charge in [0.05, 0.1) is 11.9 Å². The third-order valence-electron chi connectivity index (χ3n) is 5.21. The van der Waals surface area contributed by atoms with Gasteiger partial charge in [-0.25, -0.2) is 13.4 Å². The lowest BCUT2D eigenvalue weighted by atomic mass is 10.1. The summed E-state index contributed by atoms with van der Waals surface area (Å²) in [5, 5.41) is 4.82. The molecule has 0 fully saturated rings. The molecular weight excluding hydrogens is 540 g/mol. The SMILES string of the molecule is CS(=O)(=O)n1nc(-c2ccccc2)c2nc(-c3ccc(Br)cc3)n(-c3ccc(Cl)cc3)c(=O)c21. The molecule has 0 aliphatic carbocycles. The van der Waals surface area contributed by atoms with Gasteiger partial charge in [-0.2, -0.15) is 5.10 Å². The minimum atomic E-state index is -3.90. The summed E-state index contributed by atoms with van der Waals surface area (Å²) in [5.41, 5.74) is 1.62. The van der Waals surface area contributed by atoms with E-state index in [0.29, 0.717) is 33.4 Å². The third kappa shape index (κ3) is 3.96. The zero-order valence-electron chi connectivity index (χ0n) is 17.7. The van der Waals surface area contributed by atoms with E-state index in [2.05, 4.69) is 21.0 Å². The molecule has 0 saturated carbocycles. The summed E-state index contributed by atoms with van der Waals surface area (Å²) in [5.74, 6) is 0.345. The van der Waals surface area contributed by atoms with E-state index in [4.69, 9.17) is 16.6 Å². The first-order valence-corrected chi connectivity index (χ1v) is 13.1. The minimum absolute atomic E-state index is 0.128. The van der Waals surface area contributed by atoms with Crippen molar-refractivity contribution in [2.75, 3.05) is 6.26 Å². The highest BCUT2D eigenvalue weighted by atomic mass is 79.9. The second-order valence-electron chi connectivity index (χ2n) is 7.58. The van der Waals surface area contributed by atoms with Crippen molar-refractivity contribution in [3.05, 3.63) is 98.7 Å². The van der Waals surface area contributed by atoms with E-state index in [9.17, 15) is 13.2 Å². The Hall–Kier alpha value is -3.27. The van der Waals surface area contributed by atoms with Gasteiger partial charge in [0.15, 0.2) is 5.52 Å². The van der Waals surface area contributed by atoms with E-state index < -0.39 is 15.6 Å². The van der Waals surface area contributed by atoms with Crippen LogP contribution in [-0.4, -0.2) is 33.4 Å². The van der Waals surface area contributed by atoms with E-state index in [1.165, 1.54) is 4.57 Å². The van der Waals surface area contributed by atoms with Gasteiger partial charge in [-0.3, -0.25) is 9.36 Å². The maximum absolute atomic E-state index is 13.9. The van der Waals surface area contributed by atoms with E-state index in [1.54, 1.807) is 36.4 Å². The second kappa shape index (κ2) is 8.50. The fourth-order valence-electron chi connectivity index (χ4n) is 3.69. The Morgan fingerprint density at radius 1 is 0.882 bits per heavy atom. The average molecular weight is 556 g/mol. The van der Waals surface area contributed by atoms with E-state index in [-0.39, 0.29) is 11.0 Å². The predicted octanol–water partition coefficient (Wildman–Crippen LogP) is 5.14. The Labute approximate surface area is 208 Å². The molecule has 0 N–H and O–H groups in total. The van der Waals surface area contributed by atoms with Crippen LogP contribution in [0.25, 0.3) is 39.4 Å². The van der Waals surface area contributed by atoms with Crippen LogP contribution in [0.3, 0.4) is 0 Å². The van der Waals surface area contributed by atoms with Crippen LogP contribution in [0.2, 0.25) is 5.02 Å². The maximum Gasteiger partial charge on any atom is 0.285 e. The van der Waals surface area contributed by atoms with Crippen LogP contribution in [0.1, 0.15) is 0 Å². The molecule has 3 aromatic carbocycles. The lowest BCUT2D eigenvalue weighted by Crippen LogP contribution is -2.25. The molecule has 2 aromatic heterocycles. The smallest absolute Gasteiger partial charge is 0.266 e. The van der Waals surface area contributed by atoms with Gasteiger partial charge in [0.1, 0.15) is 17.0 Å². The monoisotopic (exact) mass is 554 g/mol. The number of halogens is 2. The molecular formula is C24H16BrClN4O3S. The third-order valence-corrected chi connectivity index (χ3v) is 6.89. The molecule has 0 saturated heterocycles. The molecule has 0 bridgehead atoms. The number of fused-ring (bicyclic) bond motifs is 1. The van der Waals surface area contributed by atoms with Crippen LogP contribution >= 0.6 is 27.5 Å². The number of hydrogen-bond acceptors (Lipinski definition) is 5. The molecule has 10 heteroatoms. The van der Waals surface area contributed by atoms with Crippen LogP contribution in [0.15, 0.2) is 88.1 Å². The summed E-state index contributed by atoms with van der Waals surface area (Å²) < 4.78 is 28.3. The van der Waals surface area contributed by atoms with Crippen molar-refractivity contribution in [2.24, 2.45) is 0 Å². The first kappa shape index (κ1) is 22.5. The number of aromatic nitrogens is 4. The summed E-state index contributed by atoms with van der Waals surface area (Å²) in [7, 11) is -3.90. The average Bonchev–Trinajstić information content (AvgIpc) is 3.22. The Bertz CT molecular complexity index is 1700. The normalized spacial score (nSPS) is 11.7. The van der Waals surface area contributed by atoms with Crippen molar-refractivity contribution >= 4 is 48.6 Å². The Morgan fingerprint density at radius 2 is 1.53 bits per heavy atom. The summed E-state index contributed by atoms with van der Waals surface area (Å²) in [6.07, 6.45) is 1.00. The van der Waals surface area contributed by atoms with Crippen LogP contribution in [-0.2, 0) is 10.0 Å². The van der Waals surface area contributed by atoms with Gasteiger partial charge in [-0.1, -0.05) is 70.0 Å². The van der Waals surface area contributed by atoms with E-state index in [1.807, 2.05) is 42.5 Å². The highest BCUT2D eigenvalue weighted by Gasteiger charge is 2.26. The summed E-state index contributed by atoms with van der Waals surface area (Å²) in [4.78, 5) is 18.8. The lowest BCUT2D eigenvalue weighted by molar-refractivity contribution is 0.588. The Balaban J connectivity index is 1.96. The first-order valence-electron chi connectivity index (χ1n) is 10.1. The van der Waals surface area contributed by atoms with E-state index in [0.717, 1.165) is 14.8 Å². The maximum atomic E-state index is 13.9. The second-order valence-corrected chi connectivity index (χ2v) is 10.7. The van der Waals surface area contributed by atoms with Crippen molar-refractivity contribution in [1.29, 1.82) is 0 Å². The van der Waals surface area contributed by atoms with Gasteiger partial charge in [0, 0.05) is 20.6 Å². The molecule has 5 aromatic rings. The molecule has 7 nitrogen and oxygen atoms in total. The number of benzene rings is 3. The van der Waals surface area contributed by atoms with Crippen molar-refractivity contribution in [3.63, 3.8) is 0 Å². The van der Waals surface area contributed by atoms with Crippen LogP contribution in [0.4, 0.5) is 0 Å². The Morgan fingerprint density at radius 3 is 2.15 bits per heavy atom. The molecule has 2 heterocycles. The van der Waals surface area contributed by atoms with Crippen molar-refractivity contribution < 1.29 is 8.42 Å². The van der Waals surface area contributed by atoms with Gasteiger partial charge in [-0.15, -0.1) is 4.09 Å². The zero-order chi connectivity index (χ0) is 24.0. The van der Waals surface area contributed by atoms with Crippen LogP contribution < -0.4 is 5.56 Å². The fraction of sp³-hybridized carbons (Fsp3) is 0.0417. The molecule has 0 amide bonds. The zero-order valence-corrected chi connectivity index (χ0v) is 20.8. The summed E-state index contributed by atoms with van der Waals surface area (Å²) in [6.45, 7) is 0. The molecule has 0 unspecified atom stereocenters. The van der Waals surface area contributed by atoms with Gasteiger partial charge >= 0.3 is 0 Å².